The van der Waals surface area contributed by atoms with E-state index >= 15 is 0 Å². The summed E-state index contributed by atoms with van der Waals surface area (Å²) in [6.07, 6.45) is 4.15. The van der Waals surface area contributed by atoms with Gasteiger partial charge in [0.2, 0.25) is 5.91 Å². The van der Waals surface area contributed by atoms with Crippen LogP contribution in [-0.2, 0) is 11.2 Å². The van der Waals surface area contributed by atoms with Crippen molar-refractivity contribution in [1.82, 2.24) is 10.2 Å². The molecule has 1 aliphatic rings. The van der Waals surface area contributed by atoms with Crippen molar-refractivity contribution < 1.29 is 9.59 Å². The van der Waals surface area contributed by atoms with Crippen LogP contribution in [0.25, 0.3) is 0 Å². The van der Waals surface area contributed by atoms with Crippen LogP contribution in [0.5, 0.6) is 0 Å². The smallest absolute Gasteiger partial charge is 0.321 e. The molecule has 0 bridgehead atoms. The first-order valence-electron chi connectivity index (χ1n) is 10.2. The molecule has 154 valence electrons. The fourth-order valence-electron chi connectivity index (χ4n) is 3.61. The van der Waals surface area contributed by atoms with Crippen molar-refractivity contribution in [3.05, 3.63) is 65.2 Å². The van der Waals surface area contributed by atoms with Gasteiger partial charge in [-0.25, -0.2) is 4.79 Å². The van der Waals surface area contributed by atoms with Crippen molar-refractivity contribution in [2.45, 2.75) is 32.1 Å². The first kappa shape index (κ1) is 21.2. The number of rotatable bonds is 7. The van der Waals surface area contributed by atoms with Crippen molar-refractivity contribution in [3.63, 3.8) is 0 Å². The third-order valence-electron chi connectivity index (χ3n) is 5.26. The van der Waals surface area contributed by atoms with Crippen LogP contribution in [-0.4, -0.2) is 36.5 Å². The molecule has 0 spiro atoms. The molecule has 3 rings (SSSR count). The van der Waals surface area contributed by atoms with Crippen molar-refractivity contribution in [2.24, 2.45) is 5.92 Å². The van der Waals surface area contributed by atoms with E-state index in [2.05, 4.69) is 22.8 Å². The van der Waals surface area contributed by atoms with Crippen LogP contribution >= 0.6 is 11.6 Å². The Morgan fingerprint density at radius 3 is 2.52 bits per heavy atom. The van der Waals surface area contributed by atoms with Crippen molar-refractivity contribution in [2.75, 3.05) is 25.0 Å². The van der Waals surface area contributed by atoms with E-state index in [-0.39, 0.29) is 11.9 Å². The molecule has 29 heavy (non-hydrogen) atoms. The van der Waals surface area contributed by atoms with Crippen LogP contribution in [0.15, 0.2) is 54.6 Å². The molecule has 1 fully saturated rings. The lowest BCUT2D eigenvalue weighted by Gasteiger charge is -2.31. The number of amides is 3. The number of aryl methyl sites for hydroxylation is 1. The van der Waals surface area contributed by atoms with Crippen LogP contribution in [0.4, 0.5) is 10.5 Å². The van der Waals surface area contributed by atoms with E-state index in [4.69, 9.17) is 11.6 Å². The molecular weight excluding hydrogens is 386 g/mol. The first-order valence-corrected chi connectivity index (χ1v) is 10.6. The van der Waals surface area contributed by atoms with Gasteiger partial charge in [-0.2, -0.15) is 0 Å². The van der Waals surface area contributed by atoms with Gasteiger partial charge in [0.25, 0.3) is 0 Å². The molecule has 0 radical (unpaired) electrons. The van der Waals surface area contributed by atoms with Gasteiger partial charge in [0.1, 0.15) is 0 Å². The molecule has 2 aromatic rings. The lowest BCUT2D eigenvalue weighted by Crippen LogP contribution is -2.42. The Bertz CT molecular complexity index is 805. The third-order valence-corrected chi connectivity index (χ3v) is 5.49. The Kier molecular flexibility index (Phi) is 7.94. The van der Waals surface area contributed by atoms with E-state index in [0.717, 1.165) is 25.7 Å². The second kappa shape index (κ2) is 10.9. The van der Waals surface area contributed by atoms with Gasteiger partial charge >= 0.3 is 6.03 Å². The van der Waals surface area contributed by atoms with Gasteiger partial charge in [-0.1, -0.05) is 48.0 Å². The fourth-order valence-corrected chi connectivity index (χ4v) is 3.80. The zero-order chi connectivity index (χ0) is 20.5. The van der Waals surface area contributed by atoms with Crippen molar-refractivity contribution in [3.8, 4) is 0 Å². The number of hydrogen-bond acceptors (Lipinski definition) is 2. The lowest BCUT2D eigenvalue weighted by atomic mass is 9.93. The summed E-state index contributed by atoms with van der Waals surface area (Å²) >= 11 is 5.96. The van der Waals surface area contributed by atoms with Gasteiger partial charge in [0.15, 0.2) is 0 Å². The molecular formula is C23H28ClN3O2. The second-order valence-electron chi connectivity index (χ2n) is 7.51. The monoisotopic (exact) mass is 413 g/mol. The summed E-state index contributed by atoms with van der Waals surface area (Å²) in [5.41, 5.74) is 1.99. The number of likely N-dealkylation sites (tertiary alicyclic amines) is 1. The zero-order valence-corrected chi connectivity index (χ0v) is 17.3. The van der Waals surface area contributed by atoms with Crippen LogP contribution in [0.2, 0.25) is 5.02 Å². The average Bonchev–Trinajstić information content (AvgIpc) is 2.72. The van der Waals surface area contributed by atoms with Gasteiger partial charge in [-0.05, 0) is 55.4 Å². The summed E-state index contributed by atoms with van der Waals surface area (Å²) in [5, 5.41) is 6.50. The Morgan fingerprint density at radius 2 is 1.79 bits per heavy atom. The highest BCUT2D eigenvalue weighted by Gasteiger charge is 2.24. The number of hydrogen-bond donors (Lipinski definition) is 2. The summed E-state index contributed by atoms with van der Waals surface area (Å²) < 4.78 is 0. The fraction of sp³-hybridized carbons (Fsp3) is 0.391. The minimum absolute atomic E-state index is 0.111. The number of halogens is 1. The minimum Gasteiger partial charge on any atom is -0.356 e. The van der Waals surface area contributed by atoms with E-state index in [1.165, 1.54) is 5.56 Å². The maximum absolute atomic E-state index is 12.4. The van der Waals surface area contributed by atoms with Crippen LogP contribution < -0.4 is 10.6 Å². The Labute approximate surface area is 177 Å². The molecule has 0 saturated carbocycles. The van der Waals surface area contributed by atoms with E-state index < -0.39 is 0 Å². The highest BCUT2D eigenvalue weighted by atomic mass is 35.5. The molecule has 6 heteroatoms. The maximum Gasteiger partial charge on any atom is 0.321 e. The highest BCUT2D eigenvalue weighted by molar-refractivity contribution is 6.30. The summed E-state index contributed by atoms with van der Waals surface area (Å²) in [7, 11) is 0. The lowest BCUT2D eigenvalue weighted by molar-refractivity contribution is -0.122. The number of carbonyl (C=O) groups excluding carboxylic acids is 2. The SMILES string of the molecule is O=C(CC1CCN(C(=O)Nc2cccc(Cl)c2)CC1)NCCCc1ccccc1. The van der Waals surface area contributed by atoms with E-state index in [1.807, 2.05) is 30.3 Å². The molecule has 0 atom stereocenters. The molecule has 2 aromatic carbocycles. The standard InChI is InChI=1S/C23H28ClN3O2/c24-20-9-4-10-21(17-20)26-23(29)27-14-11-19(12-15-27)16-22(28)25-13-5-8-18-6-2-1-3-7-18/h1-4,6-7,9-10,17,19H,5,8,11-16H2,(H,25,28)(H,26,29). The first-order chi connectivity index (χ1) is 14.1. The van der Waals surface area contributed by atoms with Crippen LogP contribution in [0, 0.1) is 5.92 Å². The molecule has 1 heterocycles. The highest BCUT2D eigenvalue weighted by Crippen LogP contribution is 2.22. The van der Waals surface area contributed by atoms with Crippen LogP contribution in [0.3, 0.4) is 0 Å². The van der Waals surface area contributed by atoms with Gasteiger partial charge in [0.05, 0.1) is 0 Å². The topological polar surface area (TPSA) is 61.4 Å². The van der Waals surface area contributed by atoms with Crippen molar-refractivity contribution in [1.29, 1.82) is 0 Å². The zero-order valence-electron chi connectivity index (χ0n) is 16.6. The van der Waals surface area contributed by atoms with Gasteiger partial charge in [-0.3, -0.25) is 4.79 Å². The number of nitrogens with zero attached hydrogens (tertiary/aromatic N) is 1. The number of piperidine rings is 1. The molecule has 2 N–H and O–H groups in total. The van der Waals surface area contributed by atoms with Crippen molar-refractivity contribution >= 4 is 29.2 Å². The molecule has 0 aromatic heterocycles. The molecule has 0 unspecified atom stereocenters. The van der Waals surface area contributed by atoms with Gasteiger partial charge in [-0.15, -0.1) is 0 Å². The number of carbonyl (C=O) groups is 2. The number of benzene rings is 2. The van der Waals surface area contributed by atoms with Gasteiger partial charge < -0.3 is 15.5 Å². The third kappa shape index (κ3) is 7.09. The number of anilines is 1. The van der Waals surface area contributed by atoms with E-state index in [0.29, 0.717) is 42.7 Å². The molecule has 1 aliphatic heterocycles. The summed E-state index contributed by atoms with van der Waals surface area (Å²) in [6.45, 7) is 2.03. The molecule has 0 aliphatic carbocycles. The molecule has 1 saturated heterocycles. The predicted octanol–water partition coefficient (Wildman–Crippen LogP) is 4.72. The molecule has 3 amide bonds. The number of urea groups is 1. The predicted molar refractivity (Wildman–Crippen MR) is 117 cm³/mol. The van der Waals surface area contributed by atoms with E-state index in [1.54, 1.807) is 17.0 Å². The Morgan fingerprint density at radius 1 is 1.03 bits per heavy atom. The Balaban J connectivity index is 1.31. The molecule has 5 nitrogen and oxygen atoms in total. The summed E-state index contributed by atoms with van der Waals surface area (Å²) in [5.74, 6) is 0.444. The summed E-state index contributed by atoms with van der Waals surface area (Å²) in [4.78, 5) is 26.4. The normalized spacial score (nSPS) is 14.4. The van der Waals surface area contributed by atoms with Crippen LogP contribution in [0.1, 0.15) is 31.2 Å². The summed E-state index contributed by atoms with van der Waals surface area (Å²) in [6, 6.07) is 17.3. The quantitative estimate of drug-likeness (QED) is 0.645. The van der Waals surface area contributed by atoms with E-state index in [9.17, 15) is 9.59 Å². The second-order valence-corrected chi connectivity index (χ2v) is 7.95. The minimum atomic E-state index is -0.115. The Hall–Kier alpha value is -2.53. The largest absolute Gasteiger partial charge is 0.356 e. The number of nitrogens with one attached hydrogen (secondary N) is 2. The van der Waals surface area contributed by atoms with Gasteiger partial charge in [0, 0.05) is 36.8 Å². The maximum atomic E-state index is 12.4. The average molecular weight is 414 g/mol.